The zero-order chi connectivity index (χ0) is 11.5. The summed E-state index contributed by atoms with van der Waals surface area (Å²) in [6.45, 7) is 2.23. The fourth-order valence-electron chi connectivity index (χ4n) is 1.96. The quantitative estimate of drug-likeness (QED) is 0.584. The van der Waals surface area contributed by atoms with E-state index in [2.05, 4.69) is 9.97 Å². The second kappa shape index (κ2) is 4.78. The molecule has 0 spiro atoms. The van der Waals surface area contributed by atoms with Gasteiger partial charge in [-0.1, -0.05) is 11.6 Å². The predicted octanol–water partition coefficient (Wildman–Crippen LogP) is 1.80. The van der Waals surface area contributed by atoms with Crippen molar-refractivity contribution in [3.05, 3.63) is 22.7 Å². The Labute approximate surface area is 99.0 Å². The van der Waals surface area contributed by atoms with Gasteiger partial charge in [0.2, 0.25) is 0 Å². The summed E-state index contributed by atoms with van der Waals surface area (Å²) in [6.07, 6.45) is 3.60. The number of hydrogen-bond donors (Lipinski definition) is 0. The van der Waals surface area contributed by atoms with Crippen LogP contribution in [-0.2, 0) is 22.4 Å². The molecule has 0 aliphatic heterocycles. The van der Waals surface area contributed by atoms with Crippen molar-refractivity contribution in [3.63, 3.8) is 0 Å². The maximum atomic E-state index is 11.6. The van der Waals surface area contributed by atoms with E-state index in [1.54, 1.807) is 0 Å². The number of esters is 1. The van der Waals surface area contributed by atoms with Crippen LogP contribution < -0.4 is 0 Å². The third-order valence-corrected chi connectivity index (χ3v) is 3.11. The molecule has 4 nitrogen and oxygen atoms in total. The van der Waals surface area contributed by atoms with Gasteiger partial charge in [0.05, 0.1) is 12.5 Å². The molecule has 0 amide bonds. The molecule has 1 aliphatic rings. The van der Waals surface area contributed by atoms with Crippen molar-refractivity contribution < 1.29 is 9.53 Å². The number of nitrogens with zero attached hydrogens (tertiary/aromatic N) is 2. The van der Waals surface area contributed by atoms with Crippen LogP contribution in [0.4, 0.5) is 0 Å². The molecule has 0 N–H and O–H groups in total. The molecule has 1 aromatic heterocycles. The second-order valence-electron chi connectivity index (χ2n) is 3.78. The lowest BCUT2D eigenvalue weighted by atomic mass is 9.87. The summed E-state index contributed by atoms with van der Waals surface area (Å²) in [5, 5.41) is 0.457. The molecule has 2 rings (SSSR count). The summed E-state index contributed by atoms with van der Waals surface area (Å²) in [4.78, 5) is 19.7. The minimum atomic E-state index is -0.145. The summed E-state index contributed by atoms with van der Waals surface area (Å²) in [5.74, 6) is -0.246. The number of aryl methyl sites for hydroxylation is 1. The number of fused-ring (bicyclic) bond motifs is 1. The SMILES string of the molecule is CCOC(=O)C1CCc2ncnc(Cl)c2C1. The lowest BCUT2D eigenvalue weighted by Gasteiger charge is -2.22. The van der Waals surface area contributed by atoms with Gasteiger partial charge in [0.15, 0.2) is 0 Å². The van der Waals surface area contributed by atoms with Gasteiger partial charge in [-0.15, -0.1) is 0 Å². The zero-order valence-corrected chi connectivity index (χ0v) is 9.83. The summed E-state index contributed by atoms with van der Waals surface area (Å²) in [6, 6.07) is 0. The van der Waals surface area contributed by atoms with E-state index >= 15 is 0 Å². The van der Waals surface area contributed by atoms with Crippen LogP contribution in [0.2, 0.25) is 5.15 Å². The van der Waals surface area contributed by atoms with Crippen molar-refractivity contribution in [1.29, 1.82) is 0 Å². The molecule has 1 atom stereocenters. The largest absolute Gasteiger partial charge is 0.466 e. The van der Waals surface area contributed by atoms with Gasteiger partial charge < -0.3 is 4.74 Å². The molecular weight excluding hydrogens is 228 g/mol. The Morgan fingerprint density at radius 1 is 1.62 bits per heavy atom. The smallest absolute Gasteiger partial charge is 0.309 e. The topological polar surface area (TPSA) is 52.1 Å². The van der Waals surface area contributed by atoms with Gasteiger partial charge in [-0.25, -0.2) is 9.97 Å². The summed E-state index contributed by atoms with van der Waals surface area (Å²) < 4.78 is 5.01. The molecule has 1 aliphatic carbocycles. The van der Waals surface area contributed by atoms with E-state index in [1.165, 1.54) is 6.33 Å². The molecule has 5 heteroatoms. The highest BCUT2D eigenvalue weighted by Gasteiger charge is 2.28. The molecule has 0 saturated heterocycles. The molecule has 0 saturated carbocycles. The molecule has 86 valence electrons. The van der Waals surface area contributed by atoms with Crippen LogP contribution in [0, 0.1) is 5.92 Å². The predicted molar refractivity (Wildman–Crippen MR) is 59.2 cm³/mol. The maximum absolute atomic E-state index is 11.6. The highest BCUT2D eigenvalue weighted by molar-refractivity contribution is 6.30. The number of rotatable bonds is 2. The van der Waals surface area contributed by atoms with Crippen LogP contribution in [-0.4, -0.2) is 22.5 Å². The van der Waals surface area contributed by atoms with Crippen molar-refractivity contribution in [2.45, 2.75) is 26.2 Å². The maximum Gasteiger partial charge on any atom is 0.309 e. The third kappa shape index (κ3) is 2.16. The van der Waals surface area contributed by atoms with E-state index in [0.717, 1.165) is 24.1 Å². The van der Waals surface area contributed by atoms with Gasteiger partial charge >= 0.3 is 5.97 Å². The number of carbonyl (C=O) groups excluding carboxylic acids is 1. The lowest BCUT2D eigenvalue weighted by Crippen LogP contribution is -2.25. The number of carbonyl (C=O) groups is 1. The van der Waals surface area contributed by atoms with Gasteiger partial charge in [0.1, 0.15) is 11.5 Å². The van der Waals surface area contributed by atoms with Gasteiger partial charge in [-0.05, 0) is 26.2 Å². The molecule has 0 radical (unpaired) electrons. The van der Waals surface area contributed by atoms with E-state index in [4.69, 9.17) is 16.3 Å². The number of aromatic nitrogens is 2. The van der Waals surface area contributed by atoms with Crippen LogP contribution in [0.25, 0.3) is 0 Å². The first-order valence-electron chi connectivity index (χ1n) is 5.37. The van der Waals surface area contributed by atoms with E-state index in [9.17, 15) is 4.79 Å². The summed E-state index contributed by atoms with van der Waals surface area (Å²) >= 11 is 5.99. The Morgan fingerprint density at radius 3 is 3.19 bits per heavy atom. The Hall–Kier alpha value is -1.16. The fourth-order valence-corrected chi connectivity index (χ4v) is 2.19. The molecule has 0 aromatic carbocycles. The number of hydrogen-bond acceptors (Lipinski definition) is 4. The molecule has 0 fully saturated rings. The highest BCUT2D eigenvalue weighted by atomic mass is 35.5. The van der Waals surface area contributed by atoms with Crippen molar-refractivity contribution in [2.75, 3.05) is 6.61 Å². The van der Waals surface area contributed by atoms with Crippen molar-refractivity contribution in [2.24, 2.45) is 5.92 Å². The van der Waals surface area contributed by atoms with Crippen LogP contribution in [0.1, 0.15) is 24.6 Å². The van der Waals surface area contributed by atoms with E-state index in [-0.39, 0.29) is 11.9 Å². The van der Waals surface area contributed by atoms with Crippen molar-refractivity contribution in [1.82, 2.24) is 9.97 Å². The fraction of sp³-hybridized carbons (Fsp3) is 0.545. The molecular formula is C11H13ClN2O2. The van der Waals surface area contributed by atoms with Crippen LogP contribution in [0.3, 0.4) is 0 Å². The Morgan fingerprint density at radius 2 is 2.44 bits per heavy atom. The van der Waals surface area contributed by atoms with Crippen molar-refractivity contribution in [3.8, 4) is 0 Å². The number of halogens is 1. The minimum Gasteiger partial charge on any atom is -0.466 e. The van der Waals surface area contributed by atoms with Crippen LogP contribution in [0.5, 0.6) is 0 Å². The molecule has 1 unspecified atom stereocenters. The van der Waals surface area contributed by atoms with Crippen molar-refractivity contribution >= 4 is 17.6 Å². The molecule has 1 aromatic rings. The number of ether oxygens (including phenoxy) is 1. The first-order chi connectivity index (χ1) is 7.72. The Kier molecular flexibility index (Phi) is 3.39. The van der Waals surface area contributed by atoms with Gasteiger partial charge in [-0.3, -0.25) is 4.79 Å². The van der Waals surface area contributed by atoms with Gasteiger partial charge in [0, 0.05) is 11.3 Å². The first kappa shape index (κ1) is 11.3. The minimum absolute atomic E-state index is 0.101. The summed E-state index contributed by atoms with van der Waals surface area (Å²) in [5.41, 5.74) is 1.86. The Balaban J connectivity index is 2.17. The molecule has 16 heavy (non-hydrogen) atoms. The van der Waals surface area contributed by atoms with E-state index in [0.29, 0.717) is 18.2 Å². The molecule has 0 bridgehead atoms. The van der Waals surface area contributed by atoms with Gasteiger partial charge in [0.25, 0.3) is 0 Å². The third-order valence-electron chi connectivity index (χ3n) is 2.78. The van der Waals surface area contributed by atoms with Crippen LogP contribution in [0.15, 0.2) is 6.33 Å². The monoisotopic (exact) mass is 240 g/mol. The zero-order valence-electron chi connectivity index (χ0n) is 9.07. The average molecular weight is 241 g/mol. The first-order valence-corrected chi connectivity index (χ1v) is 5.75. The average Bonchev–Trinajstić information content (AvgIpc) is 2.29. The van der Waals surface area contributed by atoms with E-state index < -0.39 is 0 Å². The van der Waals surface area contributed by atoms with Crippen LogP contribution >= 0.6 is 11.6 Å². The van der Waals surface area contributed by atoms with E-state index in [1.807, 2.05) is 6.92 Å². The highest BCUT2D eigenvalue weighted by Crippen LogP contribution is 2.28. The standard InChI is InChI=1S/C11H13ClN2O2/c1-2-16-11(15)7-3-4-9-8(5-7)10(12)14-6-13-9/h6-7H,2-5H2,1H3. The lowest BCUT2D eigenvalue weighted by molar-refractivity contribution is -0.148. The normalized spacial score (nSPS) is 19.0. The molecule has 1 heterocycles. The summed E-state index contributed by atoms with van der Waals surface area (Å²) in [7, 11) is 0. The van der Waals surface area contributed by atoms with Gasteiger partial charge in [-0.2, -0.15) is 0 Å². The second-order valence-corrected chi connectivity index (χ2v) is 4.14. The Bertz CT molecular complexity index is 409.